The zero-order valence-corrected chi connectivity index (χ0v) is 20.2. The van der Waals surface area contributed by atoms with Gasteiger partial charge < -0.3 is 20.4 Å². The van der Waals surface area contributed by atoms with Gasteiger partial charge in [-0.1, -0.05) is 23.2 Å². The van der Waals surface area contributed by atoms with Crippen LogP contribution in [-0.2, 0) is 6.54 Å². The number of amides is 3. The van der Waals surface area contributed by atoms with E-state index in [1.54, 1.807) is 0 Å². The molecule has 0 aliphatic heterocycles. The Morgan fingerprint density at radius 2 is 2.00 bits per heavy atom. The lowest BCUT2D eigenvalue weighted by Crippen LogP contribution is -2.46. The summed E-state index contributed by atoms with van der Waals surface area (Å²) >= 11 is 12.4. The number of urea groups is 1. The second-order valence-electron chi connectivity index (χ2n) is 6.71. The number of pyridine rings is 1. The van der Waals surface area contributed by atoms with Gasteiger partial charge in [0.15, 0.2) is 0 Å². The molecular formula is C20H18Cl2FN9O4. The summed E-state index contributed by atoms with van der Waals surface area (Å²) < 4.78 is 24.4. The molecule has 2 aromatic heterocycles. The second kappa shape index (κ2) is 11.9. The fraction of sp³-hybridized carbons (Fsp3) is 0.150. The number of nitrogens with zero attached hydrogens (tertiary/aromatic N) is 5. The number of azo groups is 1. The molecule has 13 nitrogen and oxygen atoms in total. The van der Waals surface area contributed by atoms with Crippen LogP contribution in [0.5, 0.6) is 5.88 Å². The summed E-state index contributed by atoms with van der Waals surface area (Å²) in [5.74, 6) is 3.79. The van der Waals surface area contributed by atoms with Crippen LogP contribution in [0.4, 0.5) is 9.18 Å². The van der Waals surface area contributed by atoms with Gasteiger partial charge in [0.2, 0.25) is 11.6 Å². The number of hydrogen-bond acceptors (Lipinski definition) is 9. The van der Waals surface area contributed by atoms with Gasteiger partial charge in [-0.25, -0.2) is 14.6 Å². The van der Waals surface area contributed by atoms with Gasteiger partial charge in [0.1, 0.15) is 5.82 Å². The number of benzene rings is 1. The van der Waals surface area contributed by atoms with E-state index in [2.05, 4.69) is 41.6 Å². The van der Waals surface area contributed by atoms with Crippen LogP contribution in [-0.4, -0.2) is 42.1 Å². The van der Waals surface area contributed by atoms with E-state index in [0.29, 0.717) is 11.1 Å². The molecule has 3 aromatic rings. The predicted octanol–water partition coefficient (Wildman–Crippen LogP) is 3.04. The number of hydrogen-bond donors (Lipinski definition) is 4. The van der Waals surface area contributed by atoms with E-state index in [0.717, 1.165) is 0 Å². The minimum atomic E-state index is -0.835. The van der Waals surface area contributed by atoms with Crippen molar-refractivity contribution in [1.29, 1.82) is 0 Å². The number of carbonyl (C=O) groups excluding carboxylic acids is 2. The highest BCUT2D eigenvalue weighted by Crippen LogP contribution is 2.34. The summed E-state index contributed by atoms with van der Waals surface area (Å²) in [6, 6.07) is 4.54. The van der Waals surface area contributed by atoms with Crippen LogP contribution < -0.4 is 26.7 Å². The third kappa shape index (κ3) is 6.22. The molecule has 0 fully saturated rings. The first kappa shape index (κ1) is 26.3. The van der Waals surface area contributed by atoms with Crippen molar-refractivity contribution in [2.75, 3.05) is 14.2 Å². The Morgan fingerprint density at radius 3 is 2.64 bits per heavy atom. The molecule has 0 radical (unpaired) electrons. The van der Waals surface area contributed by atoms with Crippen LogP contribution in [0.2, 0.25) is 10.0 Å². The smallest absolute Gasteiger partial charge is 0.333 e. The lowest BCUT2D eigenvalue weighted by atomic mass is 9.99. The second-order valence-corrected chi connectivity index (χ2v) is 7.55. The lowest BCUT2D eigenvalue weighted by molar-refractivity contribution is 0.0898. The standard InChI is InChI=1S/C20H18Cl2FN9O4/c1-25-29-18(28-24)17-11(4-10(21)5-12(17)22)9-3-13(23)14(26-7-9)8-27-20(34)31-30-19(33)15-6-16(35-2)32-36-15/h3-7H,8,24H2,1-2H3,(H,30,33)(H2,27,31,34). The molecule has 0 bridgehead atoms. The van der Waals surface area contributed by atoms with E-state index >= 15 is 0 Å². The van der Waals surface area contributed by atoms with E-state index in [4.69, 9.17) is 38.3 Å². The number of methoxy groups -OCH3 is 1. The minimum absolute atomic E-state index is 0.00260. The van der Waals surface area contributed by atoms with Gasteiger partial charge in [0, 0.05) is 29.4 Å². The van der Waals surface area contributed by atoms with Crippen molar-refractivity contribution in [3.8, 4) is 17.0 Å². The zero-order valence-electron chi connectivity index (χ0n) is 18.7. The number of hydrazone groups is 1. The average Bonchev–Trinajstić information content (AvgIpc) is 3.34. The summed E-state index contributed by atoms with van der Waals surface area (Å²) in [5, 5.41) is 17.3. The van der Waals surface area contributed by atoms with Gasteiger partial charge in [0.05, 0.1) is 30.4 Å². The summed E-state index contributed by atoms with van der Waals surface area (Å²) in [6.07, 6.45) is 1.35. The number of hydrazine groups is 1. The monoisotopic (exact) mass is 537 g/mol. The van der Waals surface area contributed by atoms with E-state index in [1.807, 2.05) is 0 Å². The largest absolute Gasteiger partial charge is 0.479 e. The first-order chi connectivity index (χ1) is 17.3. The van der Waals surface area contributed by atoms with Crippen LogP contribution >= 0.6 is 23.2 Å². The number of nitrogens with two attached hydrogens (primary N) is 1. The number of halogens is 3. The first-order valence-corrected chi connectivity index (χ1v) is 10.6. The average molecular weight is 538 g/mol. The molecule has 36 heavy (non-hydrogen) atoms. The summed E-state index contributed by atoms with van der Waals surface area (Å²) in [6.45, 7) is -0.299. The molecule has 0 unspecified atom stereocenters. The van der Waals surface area contributed by atoms with Gasteiger partial charge in [-0.2, -0.15) is 10.2 Å². The van der Waals surface area contributed by atoms with Gasteiger partial charge >= 0.3 is 11.9 Å². The summed E-state index contributed by atoms with van der Waals surface area (Å²) in [4.78, 5) is 27.9. The predicted molar refractivity (Wildman–Crippen MR) is 127 cm³/mol. The quantitative estimate of drug-likeness (QED) is 0.122. The topological polar surface area (TPSA) is 181 Å². The fourth-order valence-corrected chi connectivity index (χ4v) is 3.43. The molecule has 2 heterocycles. The Bertz CT molecular complexity index is 1350. The van der Waals surface area contributed by atoms with Crippen molar-refractivity contribution in [3.05, 3.63) is 63.3 Å². The molecule has 0 saturated heterocycles. The van der Waals surface area contributed by atoms with Crippen molar-refractivity contribution >= 4 is 41.0 Å². The third-order valence-electron chi connectivity index (χ3n) is 4.45. The van der Waals surface area contributed by atoms with Crippen molar-refractivity contribution in [3.63, 3.8) is 0 Å². The molecule has 16 heteroatoms. The third-order valence-corrected chi connectivity index (χ3v) is 4.97. The Hall–Kier alpha value is -4.30. The number of ether oxygens (including phenoxy) is 1. The number of aromatic nitrogens is 2. The molecule has 3 rings (SSSR count). The highest BCUT2D eigenvalue weighted by molar-refractivity contribution is 6.38. The maximum absolute atomic E-state index is 14.8. The van der Waals surface area contributed by atoms with Gasteiger partial charge in [-0.3, -0.25) is 15.2 Å². The van der Waals surface area contributed by atoms with E-state index in [-0.39, 0.29) is 45.3 Å². The Kier molecular flexibility index (Phi) is 8.70. The number of amidine groups is 1. The molecule has 0 aliphatic carbocycles. The van der Waals surface area contributed by atoms with E-state index in [9.17, 15) is 14.0 Å². The molecule has 0 atom stereocenters. The molecular weight excluding hydrogens is 520 g/mol. The normalized spacial score (nSPS) is 11.4. The molecule has 0 aliphatic rings. The summed E-state index contributed by atoms with van der Waals surface area (Å²) in [5.41, 5.74) is 5.02. The van der Waals surface area contributed by atoms with Crippen molar-refractivity contribution in [2.24, 2.45) is 21.2 Å². The molecule has 5 N–H and O–H groups in total. The molecule has 0 spiro atoms. The number of nitrogens with one attached hydrogen (secondary N) is 3. The molecule has 0 saturated carbocycles. The van der Waals surface area contributed by atoms with Crippen molar-refractivity contribution < 1.29 is 23.2 Å². The SMILES string of the molecule is CN=NC(=NN)c1c(Cl)cc(Cl)cc1-c1cnc(CNC(=O)NNC(=O)c2cc(OC)no2)c(F)c1. The van der Waals surface area contributed by atoms with Crippen LogP contribution in [0.25, 0.3) is 11.1 Å². The molecule has 188 valence electrons. The number of carbonyl (C=O) groups is 2. The maximum atomic E-state index is 14.8. The van der Waals surface area contributed by atoms with Gasteiger partial charge in [0.25, 0.3) is 5.88 Å². The highest BCUT2D eigenvalue weighted by atomic mass is 35.5. The maximum Gasteiger partial charge on any atom is 0.333 e. The van der Waals surface area contributed by atoms with Crippen LogP contribution in [0.1, 0.15) is 21.8 Å². The Balaban J connectivity index is 1.70. The summed E-state index contributed by atoms with van der Waals surface area (Å²) in [7, 11) is 2.77. The number of rotatable bonds is 6. The van der Waals surface area contributed by atoms with Crippen molar-refractivity contribution in [2.45, 2.75) is 6.54 Å². The van der Waals surface area contributed by atoms with E-state index in [1.165, 1.54) is 44.6 Å². The van der Waals surface area contributed by atoms with Crippen LogP contribution in [0.15, 0.2) is 50.3 Å². The van der Waals surface area contributed by atoms with E-state index < -0.39 is 17.8 Å². The Morgan fingerprint density at radius 1 is 1.22 bits per heavy atom. The van der Waals surface area contributed by atoms with Crippen molar-refractivity contribution in [1.82, 2.24) is 26.3 Å². The Labute approximate surface area is 212 Å². The first-order valence-electron chi connectivity index (χ1n) is 9.84. The van der Waals surface area contributed by atoms with Gasteiger partial charge in [-0.15, -0.1) is 5.11 Å². The zero-order chi connectivity index (χ0) is 26.2. The molecule has 1 aromatic carbocycles. The minimum Gasteiger partial charge on any atom is -0.479 e. The highest BCUT2D eigenvalue weighted by Gasteiger charge is 2.19. The molecule has 3 amide bonds. The van der Waals surface area contributed by atoms with Crippen LogP contribution in [0, 0.1) is 5.82 Å². The van der Waals surface area contributed by atoms with Gasteiger partial charge in [-0.05, 0) is 28.9 Å². The van der Waals surface area contributed by atoms with Crippen LogP contribution in [0.3, 0.4) is 0 Å². The fourth-order valence-electron chi connectivity index (χ4n) is 2.85. The lowest BCUT2D eigenvalue weighted by Gasteiger charge is -2.13.